The normalized spacial score (nSPS) is 11.7. The summed E-state index contributed by atoms with van der Waals surface area (Å²) in [4.78, 5) is 22.7. The molecule has 1 atom stereocenters. The Kier molecular flexibility index (Phi) is 6.29. The predicted molar refractivity (Wildman–Crippen MR) is 71.4 cm³/mol. The van der Waals surface area contributed by atoms with Crippen LogP contribution in [0.25, 0.3) is 0 Å². The topological polar surface area (TPSA) is 58.2 Å². The molecule has 0 aliphatic rings. The molecule has 1 rings (SSSR count). The van der Waals surface area contributed by atoms with Gasteiger partial charge in [0, 0.05) is 13.1 Å². The number of carbonyl (C=O) groups excluding carboxylic acids is 2. The van der Waals surface area contributed by atoms with E-state index in [-0.39, 0.29) is 24.1 Å². The van der Waals surface area contributed by atoms with Gasteiger partial charge >= 0.3 is 0 Å². The SMILES string of the molecule is CC(Cl)C(=O)NCCNC(=O)Cc1ccc(F)cc1. The van der Waals surface area contributed by atoms with Crippen LogP contribution in [-0.4, -0.2) is 30.3 Å². The lowest BCUT2D eigenvalue weighted by Crippen LogP contribution is -2.37. The molecule has 0 radical (unpaired) electrons. The summed E-state index contributed by atoms with van der Waals surface area (Å²) in [5.74, 6) is -0.781. The first-order valence-corrected chi connectivity index (χ1v) is 6.35. The van der Waals surface area contributed by atoms with Gasteiger partial charge in [0.15, 0.2) is 0 Å². The molecule has 1 unspecified atom stereocenters. The fourth-order valence-corrected chi connectivity index (χ4v) is 1.46. The van der Waals surface area contributed by atoms with E-state index in [0.29, 0.717) is 13.1 Å². The Hall–Kier alpha value is -1.62. The fraction of sp³-hybridized carbons (Fsp3) is 0.385. The van der Waals surface area contributed by atoms with Crippen LogP contribution in [0.4, 0.5) is 4.39 Å². The molecule has 0 saturated heterocycles. The van der Waals surface area contributed by atoms with Crippen LogP contribution < -0.4 is 10.6 Å². The van der Waals surface area contributed by atoms with E-state index in [1.165, 1.54) is 12.1 Å². The van der Waals surface area contributed by atoms with Crippen molar-refractivity contribution >= 4 is 23.4 Å². The summed E-state index contributed by atoms with van der Waals surface area (Å²) in [6.45, 7) is 2.23. The predicted octanol–water partition coefficient (Wildman–Crippen LogP) is 1.23. The number of halogens is 2. The molecular weight excluding hydrogens is 271 g/mol. The second-order valence-electron chi connectivity index (χ2n) is 4.06. The Labute approximate surface area is 116 Å². The largest absolute Gasteiger partial charge is 0.354 e. The van der Waals surface area contributed by atoms with Crippen molar-refractivity contribution in [2.24, 2.45) is 0 Å². The van der Waals surface area contributed by atoms with Crippen molar-refractivity contribution in [3.63, 3.8) is 0 Å². The lowest BCUT2D eigenvalue weighted by Gasteiger charge is -2.08. The van der Waals surface area contributed by atoms with Gasteiger partial charge in [-0.1, -0.05) is 12.1 Å². The molecule has 0 saturated carbocycles. The highest BCUT2D eigenvalue weighted by Crippen LogP contribution is 2.03. The minimum absolute atomic E-state index is 0.181. The van der Waals surface area contributed by atoms with Gasteiger partial charge in [0.05, 0.1) is 6.42 Å². The Bertz CT molecular complexity index is 435. The molecule has 2 amide bonds. The maximum Gasteiger partial charge on any atom is 0.237 e. The molecule has 1 aromatic carbocycles. The number of carbonyl (C=O) groups is 2. The monoisotopic (exact) mass is 286 g/mol. The average molecular weight is 287 g/mol. The summed E-state index contributed by atoms with van der Waals surface area (Å²) in [6, 6.07) is 5.74. The minimum Gasteiger partial charge on any atom is -0.354 e. The molecule has 6 heteroatoms. The van der Waals surface area contributed by atoms with Gasteiger partial charge in [0.2, 0.25) is 11.8 Å². The molecule has 2 N–H and O–H groups in total. The zero-order valence-corrected chi connectivity index (χ0v) is 11.3. The van der Waals surface area contributed by atoms with Gasteiger partial charge in [-0.25, -0.2) is 4.39 Å². The van der Waals surface area contributed by atoms with E-state index in [0.717, 1.165) is 5.56 Å². The first-order chi connectivity index (χ1) is 8.99. The molecule has 0 aromatic heterocycles. The molecular formula is C13H16ClFN2O2. The summed E-state index contributed by atoms with van der Waals surface area (Å²) in [5.41, 5.74) is 0.734. The fourth-order valence-electron chi connectivity index (χ4n) is 1.38. The van der Waals surface area contributed by atoms with Crippen molar-refractivity contribution in [3.8, 4) is 0 Å². The summed E-state index contributed by atoms with van der Waals surface area (Å²) in [6.07, 6.45) is 0.181. The lowest BCUT2D eigenvalue weighted by molar-refractivity contribution is -0.122. The molecule has 1 aromatic rings. The second-order valence-corrected chi connectivity index (χ2v) is 4.71. The van der Waals surface area contributed by atoms with Crippen molar-refractivity contribution < 1.29 is 14.0 Å². The highest BCUT2D eigenvalue weighted by Gasteiger charge is 2.08. The van der Waals surface area contributed by atoms with Crippen LogP contribution in [0.5, 0.6) is 0 Å². The van der Waals surface area contributed by atoms with Crippen LogP contribution in [0, 0.1) is 5.82 Å². The van der Waals surface area contributed by atoms with Gasteiger partial charge in [0.25, 0.3) is 0 Å². The summed E-state index contributed by atoms with van der Waals surface area (Å²) >= 11 is 5.56. The van der Waals surface area contributed by atoms with Gasteiger partial charge in [-0.3, -0.25) is 9.59 Å². The Morgan fingerprint density at radius 3 is 2.37 bits per heavy atom. The quantitative estimate of drug-likeness (QED) is 0.610. The zero-order chi connectivity index (χ0) is 14.3. The van der Waals surface area contributed by atoms with Crippen LogP contribution in [0.1, 0.15) is 12.5 Å². The summed E-state index contributed by atoms with van der Waals surface area (Å²) in [7, 11) is 0. The first-order valence-electron chi connectivity index (χ1n) is 5.92. The zero-order valence-electron chi connectivity index (χ0n) is 10.6. The molecule has 4 nitrogen and oxygen atoms in total. The Morgan fingerprint density at radius 2 is 1.79 bits per heavy atom. The number of hydrogen-bond donors (Lipinski definition) is 2. The van der Waals surface area contributed by atoms with Gasteiger partial charge in [-0.15, -0.1) is 11.6 Å². The maximum absolute atomic E-state index is 12.7. The summed E-state index contributed by atoms with van der Waals surface area (Å²) < 4.78 is 12.7. The van der Waals surface area contributed by atoms with Gasteiger partial charge in [-0.05, 0) is 24.6 Å². The average Bonchev–Trinajstić information content (AvgIpc) is 2.37. The molecule has 19 heavy (non-hydrogen) atoms. The van der Waals surface area contributed by atoms with Gasteiger partial charge < -0.3 is 10.6 Å². The molecule has 0 spiro atoms. The van der Waals surface area contributed by atoms with E-state index in [9.17, 15) is 14.0 Å². The molecule has 104 valence electrons. The van der Waals surface area contributed by atoms with Crippen LogP contribution in [0.3, 0.4) is 0 Å². The lowest BCUT2D eigenvalue weighted by atomic mass is 10.1. The van der Waals surface area contributed by atoms with Crippen LogP contribution >= 0.6 is 11.6 Å². The third kappa shape index (κ3) is 6.20. The number of benzene rings is 1. The van der Waals surface area contributed by atoms with Crippen LogP contribution in [0.15, 0.2) is 24.3 Å². The van der Waals surface area contributed by atoms with Crippen LogP contribution in [-0.2, 0) is 16.0 Å². The Balaban J connectivity index is 2.21. The number of nitrogens with one attached hydrogen (secondary N) is 2. The molecule has 0 fully saturated rings. The van der Waals surface area contributed by atoms with Crippen molar-refractivity contribution in [2.45, 2.75) is 18.7 Å². The van der Waals surface area contributed by atoms with Gasteiger partial charge in [0.1, 0.15) is 11.2 Å². The highest BCUT2D eigenvalue weighted by molar-refractivity contribution is 6.30. The molecule has 0 aliphatic heterocycles. The number of hydrogen-bond acceptors (Lipinski definition) is 2. The van der Waals surface area contributed by atoms with E-state index in [1.807, 2.05) is 0 Å². The smallest absolute Gasteiger partial charge is 0.237 e. The van der Waals surface area contributed by atoms with E-state index >= 15 is 0 Å². The second kappa shape index (κ2) is 7.74. The third-order valence-corrected chi connectivity index (χ3v) is 2.58. The van der Waals surface area contributed by atoms with Crippen LogP contribution in [0.2, 0.25) is 0 Å². The van der Waals surface area contributed by atoms with E-state index < -0.39 is 5.38 Å². The van der Waals surface area contributed by atoms with E-state index in [2.05, 4.69) is 10.6 Å². The van der Waals surface area contributed by atoms with Crippen molar-refractivity contribution in [1.82, 2.24) is 10.6 Å². The standard InChI is InChI=1S/C13H16ClFN2O2/c1-9(14)13(19)17-7-6-16-12(18)8-10-2-4-11(15)5-3-10/h2-5,9H,6-8H2,1H3,(H,16,18)(H,17,19). The molecule has 0 aliphatic carbocycles. The Morgan fingerprint density at radius 1 is 1.21 bits per heavy atom. The molecule has 0 heterocycles. The minimum atomic E-state index is -0.588. The highest BCUT2D eigenvalue weighted by atomic mass is 35.5. The number of alkyl halides is 1. The van der Waals surface area contributed by atoms with E-state index in [1.54, 1.807) is 19.1 Å². The molecule has 0 bridgehead atoms. The first kappa shape index (κ1) is 15.4. The van der Waals surface area contributed by atoms with Crippen molar-refractivity contribution in [3.05, 3.63) is 35.6 Å². The van der Waals surface area contributed by atoms with Crippen molar-refractivity contribution in [1.29, 1.82) is 0 Å². The van der Waals surface area contributed by atoms with E-state index in [4.69, 9.17) is 11.6 Å². The summed E-state index contributed by atoms with van der Waals surface area (Å²) in [5, 5.41) is 4.64. The number of amides is 2. The van der Waals surface area contributed by atoms with Gasteiger partial charge in [-0.2, -0.15) is 0 Å². The third-order valence-electron chi connectivity index (χ3n) is 2.39. The number of rotatable bonds is 6. The maximum atomic E-state index is 12.7. The van der Waals surface area contributed by atoms with Crippen molar-refractivity contribution in [2.75, 3.05) is 13.1 Å².